The fraction of sp³-hybridized carbons (Fsp3) is 0.667. The first-order chi connectivity index (χ1) is 5.89. The van der Waals surface area contributed by atoms with E-state index in [1.807, 2.05) is 6.92 Å². The summed E-state index contributed by atoms with van der Waals surface area (Å²) in [5, 5.41) is 10.8. The summed E-state index contributed by atoms with van der Waals surface area (Å²) in [5.74, 6) is 0. The molecule has 0 saturated carbocycles. The summed E-state index contributed by atoms with van der Waals surface area (Å²) in [6.07, 6.45) is 0.840. The van der Waals surface area contributed by atoms with Crippen molar-refractivity contribution < 1.29 is 4.92 Å². The summed E-state index contributed by atoms with van der Waals surface area (Å²) in [5.41, 5.74) is -1.54. The van der Waals surface area contributed by atoms with Gasteiger partial charge in [0.1, 0.15) is 8.39 Å². The molecular weight excluding hydrogens is 246 g/mol. The van der Waals surface area contributed by atoms with E-state index in [4.69, 9.17) is 24.4 Å². The lowest BCUT2D eigenvalue weighted by Gasteiger charge is -2.21. The molecule has 0 atom stereocenters. The maximum Gasteiger partial charge on any atom is 0.302 e. The van der Waals surface area contributed by atoms with E-state index in [2.05, 4.69) is 25.3 Å². The molecule has 0 heterocycles. The van der Waals surface area contributed by atoms with E-state index in [1.165, 1.54) is 0 Å². The van der Waals surface area contributed by atoms with Crippen LogP contribution in [0.25, 0.3) is 0 Å². The Morgan fingerprint density at radius 3 is 1.92 bits per heavy atom. The molecule has 74 valence electrons. The molecule has 0 radical (unpaired) electrons. The van der Waals surface area contributed by atoms with Crippen LogP contribution < -0.4 is 0 Å². The van der Waals surface area contributed by atoms with Crippen molar-refractivity contribution in [2.45, 2.75) is 25.3 Å². The Morgan fingerprint density at radius 1 is 1.46 bits per heavy atom. The van der Waals surface area contributed by atoms with Crippen molar-refractivity contribution in [2.24, 2.45) is 0 Å². The van der Waals surface area contributed by atoms with Gasteiger partial charge in [0, 0.05) is 11.3 Å². The van der Waals surface area contributed by atoms with Crippen molar-refractivity contribution in [1.29, 1.82) is 0 Å². The van der Waals surface area contributed by atoms with Gasteiger partial charge in [-0.15, -0.1) is 25.3 Å². The van der Waals surface area contributed by atoms with Gasteiger partial charge in [-0.05, 0) is 6.42 Å². The van der Waals surface area contributed by atoms with Gasteiger partial charge < -0.3 is 0 Å². The quantitative estimate of drug-likeness (QED) is 0.342. The second-order valence-corrected chi connectivity index (χ2v) is 4.79. The third-order valence-corrected chi connectivity index (χ3v) is 3.05. The molecule has 0 fully saturated rings. The lowest BCUT2D eigenvalue weighted by Crippen LogP contribution is -2.48. The topological polar surface area (TPSA) is 43.1 Å². The van der Waals surface area contributed by atoms with Crippen molar-refractivity contribution in [3.8, 4) is 0 Å². The van der Waals surface area contributed by atoms with Crippen LogP contribution in [0.3, 0.4) is 0 Å². The highest BCUT2D eigenvalue weighted by Gasteiger charge is 2.48. The number of thiocarbonyl (C=S) groups is 2. The SMILES string of the molecule is CCCC(C(=S)S)(C(=S)S)[N+](=O)[O-]. The molecule has 0 aromatic heterocycles. The van der Waals surface area contributed by atoms with Crippen LogP contribution >= 0.6 is 49.7 Å². The van der Waals surface area contributed by atoms with E-state index in [-0.39, 0.29) is 14.8 Å². The molecule has 0 unspecified atom stereocenters. The van der Waals surface area contributed by atoms with Crippen LogP contribution in [0.5, 0.6) is 0 Å². The van der Waals surface area contributed by atoms with Gasteiger partial charge in [-0.3, -0.25) is 10.1 Å². The summed E-state index contributed by atoms with van der Waals surface area (Å²) in [6.45, 7) is 1.82. The molecule has 0 bridgehead atoms. The Kier molecular flexibility index (Phi) is 5.35. The van der Waals surface area contributed by atoms with Crippen molar-refractivity contribution in [3.63, 3.8) is 0 Å². The van der Waals surface area contributed by atoms with Crippen LogP contribution in [-0.4, -0.2) is 18.9 Å². The molecule has 0 spiro atoms. The van der Waals surface area contributed by atoms with E-state index in [0.29, 0.717) is 6.42 Å². The zero-order valence-electron chi connectivity index (χ0n) is 6.89. The van der Waals surface area contributed by atoms with Gasteiger partial charge >= 0.3 is 5.54 Å². The van der Waals surface area contributed by atoms with Gasteiger partial charge in [0.15, 0.2) is 0 Å². The predicted molar refractivity (Wildman–Crippen MR) is 67.8 cm³/mol. The average Bonchev–Trinajstić information content (AvgIpc) is 1.97. The Labute approximate surface area is 98.2 Å². The van der Waals surface area contributed by atoms with Gasteiger partial charge in [0.2, 0.25) is 0 Å². The highest BCUT2D eigenvalue weighted by atomic mass is 32.1. The number of thiol groups is 2. The zero-order chi connectivity index (χ0) is 10.6. The first-order valence-corrected chi connectivity index (χ1v) is 5.22. The molecule has 0 aliphatic rings. The van der Waals surface area contributed by atoms with Crippen molar-refractivity contribution in [1.82, 2.24) is 0 Å². The van der Waals surface area contributed by atoms with Gasteiger partial charge in [-0.1, -0.05) is 31.4 Å². The van der Waals surface area contributed by atoms with Gasteiger partial charge in [0.25, 0.3) is 0 Å². The fourth-order valence-corrected chi connectivity index (χ4v) is 2.39. The first kappa shape index (κ1) is 13.3. The van der Waals surface area contributed by atoms with Gasteiger partial charge in [-0.25, -0.2) is 0 Å². The molecule has 0 aliphatic heterocycles. The molecule has 7 heteroatoms. The van der Waals surface area contributed by atoms with Crippen LogP contribution in [0.15, 0.2) is 0 Å². The molecular formula is C6H9NO2S4. The van der Waals surface area contributed by atoms with Gasteiger partial charge in [-0.2, -0.15) is 0 Å². The molecule has 0 aromatic rings. The molecule has 0 aliphatic carbocycles. The molecule has 0 aromatic carbocycles. The molecule has 13 heavy (non-hydrogen) atoms. The number of nitrogens with zero attached hydrogens (tertiary/aromatic N) is 1. The molecule has 0 rings (SSSR count). The van der Waals surface area contributed by atoms with Crippen LogP contribution in [-0.2, 0) is 0 Å². The third kappa shape index (κ3) is 2.61. The Bertz CT molecular complexity index is 217. The van der Waals surface area contributed by atoms with Crippen molar-refractivity contribution in [3.05, 3.63) is 10.1 Å². The highest BCUT2D eigenvalue weighted by Crippen LogP contribution is 2.26. The monoisotopic (exact) mass is 255 g/mol. The van der Waals surface area contributed by atoms with Crippen LogP contribution in [0, 0.1) is 10.1 Å². The summed E-state index contributed by atoms with van der Waals surface area (Å²) < 4.78 is -0.0568. The summed E-state index contributed by atoms with van der Waals surface area (Å²) >= 11 is 17.2. The second-order valence-electron chi connectivity index (χ2n) is 2.48. The largest absolute Gasteiger partial charge is 0.302 e. The fourth-order valence-electron chi connectivity index (χ4n) is 0.915. The van der Waals surface area contributed by atoms with E-state index in [1.54, 1.807) is 0 Å². The van der Waals surface area contributed by atoms with E-state index >= 15 is 0 Å². The predicted octanol–water partition coefficient (Wildman–Crippen LogP) is 2.32. The highest BCUT2D eigenvalue weighted by molar-refractivity contribution is 8.14. The normalized spacial score (nSPS) is 11.0. The summed E-state index contributed by atoms with van der Waals surface area (Å²) in [7, 11) is 0. The minimum atomic E-state index is -1.54. The van der Waals surface area contributed by atoms with E-state index in [9.17, 15) is 10.1 Å². The van der Waals surface area contributed by atoms with Crippen LogP contribution in [0.4, 0.5) is 0 Å². The molecule has 0 saturated heterocycles. The standard InChI is InChI=1S/C6H9NO2S4/c1-2-3-6(4(10)11,5(12)13)7(8)9/h2-3H2,1H3,(H,10,11)(H,12,13). The number of hydrogen-bond donors (Lipinski definition) is 2. The minimum Gasteiger partial charge on any atom is -0.263 e. The Balaban J connectivity index is 5.18. The minimum absolute atomic E-state index is 0.0284. The number of hydrogen-bond acceptors (Lipinski definition) is 4. The Hall–Kier alpha value is 0.280. The summed E-state index contributed by atoms with van der Waals surface area (Å²) in [6, 6.07) is 0. The van der Waals surface area contributed by atoms with E-state index < -0.39 is 10.5 Å². The van der Waals surface area contributed by atoms with Crippen molar-refractivity contribution in [2.75, 3.05) is 0 Å². The number of nitro groups is 1. The second kappa shape index (κ2) is 5.23. The smallest absolute Gasteiger partial charge is 0.263 e. The zero-order valence-corrected chi connectivity index (χ0v) is 10.3. The third-order valence-electron chi connectivity index (χ3n) is 1.63. The summed E-state index contributed by atoms with van der Waals surface area (Å²) in [4.78, 5) is 10.3. The lowest BCUT2D eigenvalue weighted by atomic mass is 9.99. The maximum atomic E-state index is 10.8. The molecule has 0 amide bonds. The number of rotatable bonds is 5. The van der Waals surface area contributed by atoms with Gasteiger partial charge in [0.05, 0.1) is 0 Å². The average molecular weight is 255 g/mol. The molecule has 3 nitrogen and oxygen atoms in total. The lowest BCUT2D eigenvalue weighted by molar-refractivity contribution is -0.524. The van der Waals surface area contributed by atoms with E-state index in [0.717, 1.165) is 0 Å². The molecule has 0 N–H and O–H groups in total. The first-order valence-electron chi connectivity index (χ1n) is 3.50. The Morgan fingerprint density at radius 2 is 1.85 bits per heavy atom. The maximum absolute atomic E-state index is 10.8. The van der Waals surface area contributed by atoms with Crippen LogP contribution in [0.2, 0.25) is 0 Å². The van der Waals surface area contributed by atoms with Crippen LogP contribution in [0.1, 0.15) is 19.8 Å². The van der Waals surface area contributed by atoms with Crippen molar-refractivity contribution >= 4 is 58.1 Å².